The van der Waals surface area contributed by atoms with Gasteiger partial charge in [0.05, 0.1) is 10.9 Å². The number of fused-ring (bicyclic) bond motifs is 5. The van der Waals surface area contributed by atoms with Crippen LogP contribution in [0.4, 0.5) is 0 Å². The molecule has 2 unspecified atom stereocenters. The minimum atomic E-state index is -0.0160. The zero-order chi connectivity index (χ0) is 25.2. The van der Waals surface area contributed by atoms with Gasteiger partial charge in [-0.15, -0.1) is 21.5 Å². The zero-order valence-electron chi connectivity index (χ0n) is 21.9. The number of halogens is 1. The summed E-state index contributed by atoms with van der Waals surface area (Å²) in [7, 11) is 0. The summed E-state index contributed by atoms with van der Waals surface area (Å²) in [6.07, 6.45) is 15.5. The average Bonchev–Trinajstić information content (AvgIpc) is 3.59. The molecule has 9 rings (SSSR count). The molecular formula is C28H34ClN7S. The summed E-state index contributed by atoms with van der Waals surface area (Å²) in [5.74, 6) is 3.12. The van der Waals surface area contributed by atoms with Crippen molar-refractivity contribution < 1.29 is 0 Å². The molecule has 4 bridgehead atoms. The van der Waals surface area contributed by atoms with Crippen molar-refractivity contribution in [2.45, 2.75) is 95.9 Å². The Morgan fingerprint density at radius 1 is 1.11 bits per heavy atom. The van der Waals surface area contributed by atoms with E-state index in [1.54, 1.807) is 0 Å². The first kappa shape index (κ1) is 22.9. The number of aromatic nitrogens is 7. The number of aryl methyl sites for hydroxylation is 1. The number of hydrogen-bond acceptors (Lipinski definition) is 6. The van der Waals surface area contributed by atoms with E-state index in [1.165, 1.54) is 54.4 Å². The minimum absolute atomic E-state index is 0.00676. The standard InChI is InChI=1S/C28H34ClN7S/c1-4-26(2,3)18-5-6-19-20(8-18)37-23-21(19)22-32-24(33-35(22)14-30-23)27-9-16-7-17(10-27)12-28(11-16,13-27)36-15-31-25(29)34-36/h14-18H,4-13H2,1-3H3/t16-,17+,18-,27?,28?/m0/s1. The molecule has 5 atom stereocenters. The van der Waals surface area contributed by atoms with Crippen LogP contribution >= 0.6 is 22.9 Å². The maximum absolute atomic E-state index is 6.17. The summed E-state index contributed by atoms with van der Waals surface area (Å²) in [5.41, 5.74) is 2.85. The number of thiophene rings is 1. The van der Waals surface area contributed by atoms with Crippen molar-refractivity contribution in [1.82, 2.24) is 34.3 Å². The third-order valence-corrected chi connectivity index (χ3v) is 12.2. The second-order valence-corrected chi connectivity index (χ2v) is 14.8. The van der Waals surface area contributed by atoms with Crippen molar-refractivity contribution >= 4 is 38.8 Å². The minimum Gasteiger partial charge on any atom is -0.245 e. The van der Waals surface area contributed by atoms with Gasteiger partial charge in [-0.1, -0.05) is 27.2 Å². The van der Waals surface area contributed by atoms with Gasteiger partial charge in [-0.25, -0.2) is 24.1 Å². The van der Waals surface area contributed by atoms with E-state index in [9.17, 15) is 0 Å². The van der Waals surface area contributed by atoms with Crippen molar-refractivity contribution in [2.75, 3.05) is 0 Å². The predicted octanol–water partition coefficient (Wildman–Crippen LogP) is 6.37. The van der Waals surface area contributed by atoms with E-state index >= 15 is 0 Å². The number of nitrogens with zero attached hydrogens (tertiary/aromatic N) is 7. The van der Waals surface area contributed by atoms with Gasteiger partial charge in [0.15, 0.2) is 11.5 Å². The molecule has 4 aromatic rings. The van der Waals surface area contributed by atoms with E-state index in [0.717, 1.165) is 47.9 Å². The van der Waals surface area contributed by atoms with Gasteiger partial charge in [-0.3, -0.25) is 0 Å². The van der Waals surface area contributed by atoms with E-state index in [-0.39, 0.29) is 11.0 Å². The Labute approximate surface area is 226 Å². The van der Waals surface area contributed by atoms with Crippen LogP contribution in [0.3, 0.4) is 0 Å². The van der Waals surface area contributed by atoms with Crippen LogP contribution in [0, 0.1) is 23.2 Å². The van der Waals surface area contributed by atoms with Crippen LogP contribution in [0.1, 0.15) is 88.4 Å². The Morgan fingerprint density at radius 3 is 2.65 bits per heavy atom. The van der Waals surface area contributed by atoms with Crippen molar-refractivity contribution in [1.29, 1.82) is 0 Å². The molecule has 7 nitrogen and oxygen atoms in total. The average molecular weight is 536 g/mol. The van der Waals surface area contributed by atoms with Crippen LogP contribution in [-0.4, -0.2) is 34.3 Å². The Kier molecular flexibility index (Phi) is 4.66. The first-order valence-corrected chi connectivity index (χ1v) is 15.2. The van der Waals surface area contributed by atoms with Crippen molar-refractivity contribution in [3.8, 4) is 0 Å². The highest BCUT2D eigenvalue weighted by molar-refractivity contribution is 7.19. The quantitative estimate of drug-likeness (QED) is 0.303. The van der Waals surface area contributed by atoms with Gasteiger partial charge in [-0.2, -0.15) is 0 Å². The van der Waals surface area contributed by atoms with Crippen LogP contribution in [0.5, 0.6) is 0 Å². The molecule has 4 saturated carbocycles. The molecule has 0 aliphatic heterocycles. The lowest BCUT2D eigenvalue weighted by molar-refractivity contribution is -0.0715. The van der Waals surface area contributed by atoms with E-state index in [4.69, 9.17) is 26.7 Å². The summed E-state index contributed by atoms with van der Waals surface area (Å²) in [6, 6.07) is 0. The highest BCUT2D eigenvalue weighted by Crippen LogP contribution is 2.64. The van der Waals surface area contributed by atoms with E-state index in [0.29, 0.717) is 22.5 Å². The largest absolute Gasteiger partial charge is 0.245 e. The molecule has 5 aliphatic rings. The lowest BCUT2D eigenvalue weighted by atomic mass is 9.46. The molecule has 9 heteroatoms. The van der Waals surface area contributed by atoms with Gasteiger partial charge < -0.3 is 0 Å². The number of rotatable bonds is 4. The Balaban J connectivity index is 1.22. The van der Waals surface area contributed by atoms with Gasteiger partial charge >= 0.3 is 0 Å². The van der Waals surface area contributed by atoms with Crippen LogP contribution in [0.2, 0.25) is 5.28 Å². The fraction of sp³-hybridized carbons (Fsp3) is 0.679. The smallest absolute Gasteiger partial charge is 0.242 e. The zero-order valence-corrected chi connectivity index (χ0v) is 23.4. The third kappa shape index (κ3) is 3.20. The van der Waals surface area contributed by atoms with Crippen LogP contribution in [0.15, 0.2) is 12.7 Å². The molecule has 4 fully saturated rings. The highest BCUT2D eigenvalue weighted by atomic mass is 35.5. The first-order valence-electron chi connectivity index (χ1n) is 14.0. The van der Waals surface area contributed by atoms with Gasteiger partial charge in [0.25, 0.3) is 0 Å². The molecule has 194 valence electrons. The Morgan fingerprint density at radius 2 is 1.92 bits per heavy atom. The third-order valence-electron chi connectivity index (χ3n) is 10.9. The summed E-state index contributed by atoms with van der Waals surface area (Å²) in [6.45, 7) is 7.20. The summed E-state index contributed by atoms with van der Waals surface area (Å²) in [5, 5.41) is 11.4. The van der Waals surface area contributed by atoms with Crippen molar-refractivity contribution in [3.05, 3.63) is 34.2 Å². The second kappa shape index (κ2) is 7.53. The van der Waals surface area contributed by atoms with Gasteiger partial charge in [-0.05, 0) is 98.1 Å². The molecule has 37 heavy (non-hydrogen) atoms. The normalized spacial score (nSPS) is 33.0. The van der Waals surface area contributed by atoms with Crippen LogP contribution in [0.25, 0.3) is 15.9 Å². The summed E-state index contributed by atoms with van der Waals surface area (Å²) in [4.78, 5) is 17.2. The molecule has 0 saturated heterocycles. The molecule has 0 radical (unpaired) electrons. The fourth-order valence-electron chi connectivity index (χ4n) is 8.97. The molecule has 0 aromatic carbocycles. The van der Waals surface area contributed by atoms with E-state index in [1.807, 2.05) is 28.5 Å². The van der Waals surface area contributed by atoms with E-state index < -0.39 is 0 Å². The fourth-order valence-corrected chi connectivity index (χ4v) is 10.4. The lowest BCUT2D eigenvalue weighted by Gasteiger charge is -2.60. The molecule has 5 aliphatic carbocycles. The van der Waals surface area contributed by atoms with Gasteiger partial charge in [0, 0.05) is 10.3 Å². The Bertz CT molecular complexity index is 1530. The van der Waals surface area contributed by atoms with Crippen molar-refractivity contribution in [3.63, 3.8) is 0 Å². The first-order chi connectivity index (χ1) is 17.8. The molecule has 0 amide bonds. The van der Waals surface area contributed by atoms with Gasteiger partial charge in [0.1, 0.15) is 17.5 Å². The monoisotopic (exact) mass is 535 g/mol. The summed E-state index contributed by atoms with van der Waals surface area (Å²) < 4.78 is 4.06. The molecule has 4 heterocycles. The Hall–Kier alpha value is -2.06. The maximum Gasteiger partial charge on any atom is 0.242 e. The van der Waals surface area contributed by atoms with Gasteiger partial charge in [0.2, 0.25) is 5.28 Å². The lowest BCUT2D eigenvalue weighted by Crippen LogP contribution is -2.58. The van der Waals surface area contributed by atoms with Crippen LogP contribution < -0.4 is 0 Å². The van der Waals surface area contributed by atoms with Crippen LogP contribution in [-0.2, 0) is 23.8 Å². The molecule has 4 aromatic heterocycles. The maximum atomic E-state index is 6.17. The van der Waals surface area contributed by atoms with Crippen molar-refractivity contribution in [2.24, 2.45) is 23.2 Å². The molecule has 0 N–H and O–H groups in total. The summed E-state index contributed by atoms with van der Waals surface area (Å²) >= 11 is 8.06. The number of hydrogen-bond donors (Lipinski definition) is 0. The second-order valence-electron chi connectivity index (χ2n) is 13.3. The molecular weight excluding hydrogens is 502 g/mol. The molecule has 0 spiro atoms. The highest BCUT2D eigenvalue weighted by Gasteiger charge is 2.61. The topological polar surface area (TPSA) is 73.8 Å². The van der Waals surface area contributed by atoms with E-state index in [2.05, 4.69) is 35.5 Å². The predicted molar refractivity (Wildman–Crippen MR) is 145 cm³/mol. The SMILES string of the molecule is CCC(C)(C)[C@H]1CCc2c(sc3ncn4nc(C56C[C@H]7C[C@@H](C5)CC(n5cnc(Cl)n5)(C7)C6)nc4c23)C1.